The molecule has 24 heteroatoms. The van der Waals surface area contributed by atoms with Crippen molar-refractivity contribution in [1.82, 2.24) is 0 Å². The first-order valence-electron chi connectivity index (χ1n) is 0. The normalized spacial score (nSPS) is 0. The molecule has 0 saturated heterocycles. The predicted molar refractivity (Wildman–Crippen MR) is 60.2 cm³/mol. The summed E-state index contributed by atoms with van der Waals surface area (Å²) in [5, 5.41) is 0. The minimum Gasteiger partial charge on any atom is -3.00 e. The van der Waals surface area contributed by atoms with Gasteiger partial charge >= 0.3 is 122 Å². The van der Waals surface area contributed by atoms with Gasteiger partial charge in [-0.1, -0.05) is 0 Å². The van der Waals surface area contributed by atoms with E-state index < -0.39 is 0 Å². The molecule has 111 valence electrons. The van der Waals surface area contributed by atoms with Crippen LogP contribution < -0.4 is 0 Å². The third kappa shape index (κ3) is 355. The Bertz CT molecular complexity index is 50.5. The van der Waals surface area contributed by atoms with Crippen molar-refractivity contribution in [3.8, 4) is 0 Å². The Kier molecular flexibility index (Phi) is 7020. The summed E-state index contributed by atoms with van der Waals surface area (Å²) in [5.41, 5.74) is 0. The molecule has 0 bridgehead atoms. The third-order valence-corrected chi connectivity index (χ3v) is 0. The van der Waals surface area contributed by atoms with Gasteiger partial charge in [0, 0.05) is 168 Å². The average molecular weight is 1620 g/mol. The standard InChI is InChI=1S/7Al.3N.6O.Si.7Ta/q7*+3;3*-3;6*-2;;;;;;;;. The van der Waals surface area contributed by atoms with Crippen LogP contribution in [0.2, 0.25) is 0 Å². The summed E-state index contributed by atoms with van der Waals surface area (Å²) in [5.74, 6) is 0. The zero-order valence-electron chi connectivity index (χ0n) is 11.5. The third-order valence-electron chi connectivity index (χ3n) is 0. The van der Waals surface area contributed by atoms with Crippen LogP contribution in [0.15, 0.2) is 0 Å². The summed E-state index contributed by atoms with van der Waals surface area (Å²) in [6.07, 6.45) is 0. The van der Waals surface area contributed by atoms with Crippen molar-refractivity contribution >= 4 is 132 Å². The second kappa shape index (κ2) is 391. The molecule has 9 nitrogen and oxygen atoms in total. The molecule has 0 unspecified atom stereocenters. The van der Waals surface area contributed by atoms with Gasteiger partial charge in [-0.15, -0.1) is 0 Å². The fourth-order valence-corrected chi connectivity index (χ4v) is 0. The molecule has 0 fully saturated rings. The SMILES string of the molecule is [Al+3].[Al+3].[Al+3].[Al+3].[Al+3].[Al+3].[Al+3].[N-3].[N-3].[N-3].[O-2].[O-2].[O-2].[O-2].[O-2].[O-2].[Si].[Ta].[Ta].[Ta].[Ta].[Ta].[Ta].[Ta]. The Hall–Kier alpha value is 8.77. The zero-order valence-corrected chi connectivity index (χ0v) is 43.0. The first-order chi connectivity index (χ1) is 0. The first-order valence-corrected chi connectivity index (χ1v) is 0. The van der Waals surface area contributed by atoms with Gasteiger partial charge in [0.05, 0.1) is 0 Å². The molecule has 0 aromatic carbocycles. The van der Waals surface area contributed by atoms with E-state index in [1.165, 1.54) is 0 Å². The molecule has 0 heterocycles. The smallest absolute Gasteiger partial charge is 3.00 e. The van der Waals surface area contributed by atoms with Crippen LogP contribution in [-0.2, 0) is 190 Å². The van der Waals surface area contributed by atoms with Crippen LogP contribution >= 0.6 is 0 Å². The van der Waals surface area contributed by atoms with Gasteiger partial charge in [-0.2, -0.15) is 0 Å². The van der Waals surface area contributed by atoms with Gasteiger partial charge in [-0.25, -0.2) is 0 Å². The van der Waals surface area contributed by atoms with Gasteiger partial charge in [-0.3, -0.25) is 0 Å². The van der Waals surface area contributed by atoms with Crippen LogP contribution in [0.1, 0.15) is 0 Å². The van der Waals surface area contributed by atoms with Crippen molar-refractivity contribution in [2.24, 2.45) is 0 Å². The fourth-order valence-electron chi connectivity index (χ4n) is 0. The molecule has 0 rings (SSSR count). The first kappa shape index (κ1) is 430. The molecule has 0 amide bonds. The average Bonchev–Trinajstić information content (AvgIpc) is 0. The molecular weight excluding hydrogens is 1620 g/mol. The van der Waals surface area contributed by atoms with Crippen LogP contribution in [-0.4, -0.2) is 132 Å². The van der Waals surface area contributed by atoms with Crippen molar-refractivity contribution in [2.45, 2.75) is 0 Å². The van der Waals surface area contributed by atoms with Gasteiger partial charge in [0.2, 0.25) is 0 Å². The summed E-state index contributed by atoms with van der Waals surface area (Å²) in [6, 6.07) is 0. The van der Waals surface area contributed by atoms with Crippen molar-refractivity contribution < 1.29 is 190 Å². The van der Waals surface area contributed by atoms with E-state index in [2.05, 4.69) is 0 Å². The molecule has 24 heavy (non-hydrogen) atoms. The Morgan fingerprint density at radius 3 is 0.208 bits per heavy atom. The Morgan fingerprint density at radius 2 is 0.208 bits per heavy atom. The summed E-state index contributed by atoms with van der Waals surface area (Å²) in [6.45, 7) is 0. The molecule has 0 spiro atoms. The molecule has 11 radical (unpaired) electrons. The minimum atomic E-state index is 0. The van der Waals surface area contributed by atoms with E-state index in [0.717, 1.165) is 0 Å². The zero-order chi connectivity index (χ0) is 0. The van der Waals surface area contributed by atoms with E-state index in [1.807, 2.05) is 0 Å². The Labute approximate surface area is 333 Å². The molecule has 0 aromatic rings. The molecule has 0 N–H and O–H groups in total. The van der Waals surface area contributed by atoms with E-state index in [-0.39, 0.29) is 340 Å². The van der Waals surface area contributed by atoms with Crippen molar-refractivity contribution in [1.29, 1.82) is 0 Å². The molecule has 0 aliphatic rings. The van der Waals surface area contributed by atoms with Crippen LogP contribution in [0.25, 0.3) is 18.5 Å². The van der Waals surface area contributed by atoms with E-state index in [9.17, 15) is 0 Å². The number of hydrogen-bond acceptors (Lipinski definition) is 0. The maximum Gasteiger partial charge on any atom is 3.00 e. The monoisotopic (exact) mass is 1620 g/mol. The largest absolute Gasteiger partial charge is 3.00 e. The van der Waals surface area contributed by atoms with Crippen molar-refractivity contribution in [3.63, 3.8) is 0 Å². The van der Waals surface area contributed by atoms with Crippen molar-refractivity contribution in [2.75, 3.05) is 0 Å². The number of rotatable bonds is 0. The molecule has 0 aliphatic carbocycles. The second-order valence-corrected chi connectivity index (χ2v) is 0. The molecule has 0 atom stereocenters. The molecule has 0 aliphatic heterocycles. The summed E-state index contributed by atoms with van der Waals surface area (Å²) >= 11 is 0. The van der Waals surface area contributed by atoms with E-state index in [0.29, 0.717) is 0 Å². The Balaban J connectivity index is 0. The maximum absolute atomic E-state index is 0. The molecule has 0 aromatic heterocycles. The van der Waals surface area contributed by atoms with Crippen LogP contribution in [0, 0.1) is 0 Å². The number of hydrogen-bond donors (Lipinski definition) is 0. The van der Waals surface area contributed by atoms with Crippen LogP contribution in [0.5, 0.6) is 0 Å². The van der Waals surface area contributed by atoms with E-state index in [4.69, 9.17) is 0 Å². The fraction of sp³-hybridized carbons (Fsp3) is 0. The number of nitrogens with zero attached hydrogens (tertiary/aromatic N) is 3. The van der Waals surface area contributed by atoms with Crippen LogP contribution in [0.3, 0.4) is 0 Å². The molecular formula is Al7N3O6SiTa7. The maximum atomic E-state index is 0. The summed E-state index contributed by atoms with van der Waals surface area (Å²) < 4.78 is 0. The van der Waals surface area contributed by atoms with E-state index in [1.54, 1.807) is 0 Å². The van der Waals surface area contributed by atoms with Gasteiger partial charge in [0.1, 0.15) is 0 Å². The van der Waals surface area contributed by atoms with E-state index >= 15 is 0 Å². The van der Waals surface area contributed by atoms with Crippen molar-refractivity contribution in [3.05, 3.63) is 18.5 Å². The predicted octanol–water partition coefficient (Wildman–Crippen LogP) is -2.91. The summed E-state index contributed by atoms with van der Waals surface area (Å²) in [4.78, 5) is 0. The van der Waals surface area contributed by atoms with Crippen LogP contribution in [0.4, 0.5) is 0 Å². The molecule has 0 saturated carbocycles. The van der Waals surface area contributed by atoms with Gasteiger partial charge < -0.3 is 51.3 Å². The summed E-state index contributed by atoms with van der Waals surface area (Å²) in [7, 11) is 0. The topological polar surface area (TPSA) is 262 Å². The van der Waals surface area contributed by atoms with Gasteiger partial charge in [0.15, 0.2) is 0 Å². The Morgan fingerprint density at radius 1 is 0.208 bits per heavy atom. The van der Waals surface area contributed by atoms with Gasteiger partial charge in [-0.05, 0) is 0 Å². The minimum absolute atomic E-state index is 0. The second-order valence-electron chi connectivity index (χ2n) is 0. The van der Waals surface area contributed by atoms with Gasteiger partial charge in [0.25, 0.3) is 0 Å². The quantitative estimate of drug-likeness (QED) is 0.221.